The Morgan fingerprint density at radius 3 is 0.462 bits per heavy atom. The van der Waals surface area contributed by atoms with Crippen LogP contribution in [-0.2, 0) is 0 Å². The third-order valence-electron chi connectivity index (χ3n) is 9.51. The van der Waals surface area contributed by atoms with Gasteiger partial charge < -0.3 is 0 Å². The number of hydrogen-bond acceptors (Lipinski definition) is 0. The highest BCUT2D eigenvalue weighted by Gasteiger charge is 2.19. The van der Waals surface area contributed by atoms with Gasteiger partial charge in [-0.15, -0.1) is 23.2 Å². The summed E-state index contributed by atoms with van der Waals surface area (Å²) >= 11 is 11.4. The molecule has 0 aliphatic heterocycles. The van der Waals surface area contributed by atoms with Crippen molar-refractivity contribution in [3.05, 3.63) is 0 Å². The molecule has 0 nitrogen and oxygen atoms in total. The van der Waals surface area contributed by atoms with Crippen LogP contribution < -0.4 is 0 Å². The molecule has 234 valence electrons. The van der Waals surface area contributed by atoms with Crippen molar-refractivity contribution >= 4 is 23.2 Å². The lowest BCUT2D eigenvalue weighted by atomic mass is 9.91. The van der Waals surface area contributed by atoms with Gasteiger partial charge in [-0.1, -0.05) is 212 Å². The molecule has 0 spiro atoms. The number of rotatable bonds is 1. The van der Waals surface area contributed by atoms with Crippen LogP contribution in [0.25, 0.3) is 0 Å². The van der Waals surface area contributed by atoms with E-state index in [2.05, 4.69) is 0 Å². The fourth-order valence-electron chi connectivity index (χ4n) is 6.69. The maximum atomic E-state index is 5.72. The average Bonchev–Trinajstić information content (AvgIpc) is 3.07. The van der Waals surface area contributed by atoms with E-state index in [0.717, 1.165) is 0 Å². The Morgan fingerprint density at radius 1 is 0.231 bits per heavy atom. The highest BCUT2D eigenvalue weighted by molar-refractivity contribution is 6.44. The molecular formula is C37H72Cl2. The van der Waals surface area contributed by atoms with Gasteiger partial charge in [-0.2, -0.15) is 0 Å². The van der Waals surface area contributed by atoms with Gasteiger partial charge in [0.2, 0.25) is 0 Å². The smallest absolute Gasteiger partial charge is 0.105 e. The Bertz CT molecular complexity index is 295. The molecule has 0 atom stereocenters. The first-order valence-corrected chi connectivity index (χ1v) is 19.5. The van der Waals surface area contributed by atoms with Crippen LogP contribution in [0.2, 0.25) is 0 Å². The summed E-state index contributed by atoms with van der Waals surface area (Å²) in [4.78, 5) is -0.120. The molecule has 0 heterocycles. The maximum absolute atomic E-state index is 5.72. The van der Waals surface area contributed by atoms with Crippen LogP contribution in [0.1, 0.15) is 225 Å². The van der Waals surface area contributed by atoms with E-state index in [1.807, 2.05) is 0 Å². The van der Waals surface area contributed by atoms with Gasteiger partial charge in [-0.05, 0) is 18.8 Å². The van der Waals surface area contributed by atoms with Crippen molar-refractivity contribution in [2.75, 3.05) is 0 Å². The first-order valence-electron chi connectivity index (χ1n) is 18.6. The van der Waals surface area contributed by atoms with Gasteiger partial charge in [0.25, 0.3) is 0 Å². The molecule has 0 saturated heterocycles. The van der Waals surface area contributed by atoms with Gasteiger partial charge in [0, 0.05) is 0 Å². The summed E-state index contributed by atoms with van der Waals surface area (Å²) in [7, 11) is 0. The molecule has 0 N–H and O–H groups in total. The summed E-state index contributed by atoms with van der Waals surface area (Å²) in [5.41, 5.74) is 0. The topological polar surface area (TPSA) is 0 Å². The second kappa shape index (κ2) is 31.5. The van der Waals surface area contributed by atoms with Crippen molar-refractivity contribution in [1.82, 2.24) is 0 Å². The third kappa shape index (κ3) is 28.5. The molecule has 0 amide bonds. The zero-order valence-electron chi connectivity index (χ0n) is 26.7. The monoisotopic (exact) mass is 587 g/mol. The van der Waals surface area contributed by atoms with Crippen LogP contribution in [0, 0.1) is 5.92 Å². The van der Waals surface area contributed by atoms with E-state index in [9.17, 15) is 0 Å². The lowest BCUT2D eigenvalue weighted by molar-refractivity contribution is 0.376. The fourth-order valence-corrected chi connectivity index (χ4v) is 7.19. The van der Waals surface area contributed by atoms with E-state index in [1.54, 1.807) is 0 Å². The summed E-state index contributed by atoms with van der Waals surface area (Å²) in [5, 5.41) is 0. The highest BCUT2D eigenvalue weighted by Crippen LogP contribution is 2.30. The Kier molecular flexibility index (Phi) is 30.4. The predicted molar refractivity (Wildman–Crippen MR) is 181 cm³/mol. The second-order valence-corrected chi connectivity index (χ2v) is 14.5. The molecule has 0 aromatic rings. The van der Waals surface area contributed by atoms with Crippen molar-refractivity contribution in [2.24, 2.45) is 5.92 Å². The minimum Gasteiger partial charge on any atom is -0.105 e. The van der Waals surface area contributed by atoms with Crippen molar-refractivity contribution in [3.63, 3.8) is 0 Å². The molecule has 0 aromatic carbocycles. The highest BCUT2D eigenvalue weighted by atomic mass is 35.5. The van der Waals surface area contributed by atoms with Crippen LogP contribution in [0.3, 0.4) is 0 Å². The lowest BCUT2D eigenvalue weighted by Crippen LogP contribution is -2.12. The molecule has 6 aliphatic rings. The van der Waals surface area contributed by atoms with E-state index in [4.69, 9.17) is 23.2 Å². The standard InChI is InChI=1S/C7H12Cl2.5C6H12/c8-7(9)6-4-2-1-3-5-6;5*1-2-4-6-5-3-1/h6-7H,1-5H2;5*1-6H2. The van der Waals surface area contributed by atoms with Crippen LogP contribution in [0.15, 0.2) is 0 Å². The molecule has 0 radical (unpaired) electrons. The van der Waals surface area contributed by atoms with Gasteiger partial charge in [-0.25, -0.2) is 0 Å². The summed E-state index contributed by atoms with van der Waals surface area (Å²) in [6.07, 6.45) is 51.5. The molecule has 6 saturated carbocycles. The number of alkyl halides is 2. The Morgan fingerprint density at radius 2 is 0.359 bits per heavy atom. The van der Waals surface area contributed by atoms with Crippen molar-refractivity contribution < 1.29 is 0 Å². The Balaban J connectivity index is 0.000000236. The van der Waals surface area contributed by atoms with E-state index < -0.39 is 0 Å². The molecule has 0 bridgehead atoms. The second-order valence-electron chi connectivity index (χ2n) is 13.3. The number of halogens is 2. The quantitative estimate of drug-likeness (QED) is 0.268. The third-order valence-corrected chi connectivity index (χ3v) is 10.2. The SMILES string of the molecule is C1CCCCC1.C1CCCCC1.C1CCCCC1.C1CCCCC1.C1CCCCC1.ClC(Cl)C1CCCCC1. The molecule has 6 fully saturated rings. The van der Waals surface area contributed by atoms with Crippen molar-refractivity contribution in [3.8, 4) is 0 Å². The van der Waals surface area contributed by atoms with Crippen LogP contribution in [0.5, 0.6) is 0 Å². The molecule has 0 aromatic heterocycles. The predicted octanol–water partition coefficient (Wildman–Crippen LogP) is 15.1. The fraction of sp³-hybridized carbons (Fsp3) is 1.00. The van der Waals surface area contributed by atoms with Gasteiger partial charge in [-0.3, -0.25) is 0 Å². The number of hydrogen-bond donors (Lipinski definition) is 0. The average molecular weight is 588 g/mol. The Labute approximate surface area is 257 Å². The summed E-state index contributed by atoms with van der Waals surface area (Å²) in [6.45, 7) is 0. The molecular weight excluding hydrogens is 515 g/mol. The van der Waals surface area contributed by atoms with E-state index in [0.29, 0.717) is 5.92 Å². The van der Waals surface area contributed by atoms with Crippen molar-refractivity contribution in [2.45, 2.75) is 230 Å². The summed E-state index contributed by atoms with van der Waals surface area (Å²) in [5.74, 6) is 0.585. The largest absolute Gasteiger partial charge is 0.110 e. The molecule has 6 aliphatic carbocycles. The van der Waals surface area contributed by atoms with Crippen LogP contribution in [0.4, 0.5) is 0 Å². The molecule has 0 unspecified atom stereocenters. The molecule has 6 rings (SSSR count). The minimum atomic E-state index is -0.120. The van der Waals surface area contributed by atoms with Crippen LogP contribution >= 0.6 is 23.2 Å². The maximum Gasteiger partial charge on any atom is 0.110 e. The van der Waals surface area contributed by atoms with E-state index >= 15 is 0 Å². The zero-order chi connectivity index (χ0) is 27.9. The van der Waals surface area contributed by atoms with Gasteiger partial charge in [0.05, 0.1) is 0 Å². The van der Waals surface area contributed by atoms with Gasteiger partial charge >= 0.3 is 0 Å². The first kappa shape index (κ1) is 37.6. The summed E-state index contributed by atoms with van der Waals surface area (Å²) < 4.78 is 0. The van der Waals surface area contributed by atoms with E-state index in [-0.39, 0.29) is 4.84 Å². The normalized spacial score (nSPS) is 23.8. The first-order chi connectivity index (χ1) is 19.3. The van der Waals surface area contributed by atoms with Crippen LogP contribution in [-0.4, -0.2) is 4.84 Å². The molecule has 2 heteroatoms. The van der Waals surface area contributed by atoms with Gasteiger partial charge in [0.1, 0.15) is 4.84 Å². The Hall–Kier alpha value is 0.580. The zero-order valence-corrected chi connectivity index (χ0v) is 28.2. The van der Waals surface area contributed by atoms with E-state index in [1.165, 1.54) is 225 Å². The summed E-state index contributed by atoms with van der Waals surface area (Å²) in [6, 6.07) is 0. The lowest BCUT2D eigenvalue weighted by Gasteiger charge is -2.21. The van der Waals surface area contributed by atoms with Gasteiger partial charge in [0.15, 0.2) is 0 Å². The molecule has 39 heavy (non-hydrogen) atoms. The minimum absolute atomic E-state index is 0.120. The van der Waals surface area contributed by atoms with Crippen molar-refractivity contribution in [1.29, 1.82) is 0 Å².